The number of rotatable bonds is 4. The van der Waals surface area contributed by atoms with E-state index in [9.17, 15) is 9.90 Å². The summed E-state index contributed by atoms with van der Waals surface area (Å²) in [5.41, 5.74) is 1.21. The lowest BCUT2D eigenvalue weighted by atomic mass is 9.78. The van der Waals surface area contributed by atoms with Crippen LogP contribution in [0.1, 0.15) is 31.7 Å². The predicted molar refractivity (Wildman–Crippen MR) is 83.5 cm³/mol. The minimum Gasteiger partial charge on any atom is -0.481 e. The third kappa shape index (κ3) is 3.61. The summed E-state index contributed by atoms with van der Waals surface area (Å²) >= 11 is 3.56. The van der Waals surface area contributed by atoms with Crippen LogP contribution in [0.5, 0.6) is 0 Å². The molecule has 0 radical (unpaired) electrons. The largest absolute Gasteiger partial charge is 0.481 e. The van der Waals surface area contributed by atoms with E-state index < -0.39 is 5.97 Å². The summed E-state index contributed by atoms with van der Waals surface area (Å²) in [6.07, 6.45) is 2.79. The Hall–Kier alpha value is -0.870. The fourth-order valence-corrected chi connectivity index (χ4v) is 3.55. The normalized spacial score (nSPS) is 26.7. The molecule has 3 unspecified atom stereocenters. The maximum Gasteiger partial charge on any atom is 0.308 e. The number of carbonyl (C=O) groups is 1. The smallest absolute Gasteiger partial charge is 0.308 e. The van der Waals surface area contributed by atoms with Gasteiger partial charge in [-0.15, -0.1) is 0 Å². The minimum atomic E-state index is -0.652. The van der Waals surface area contributed by atoms with Gasteiger partial charge < -0.3 is 5.11 Å². The van der Waals surface area contributed by atoms with E-state index in [0.717, 1.165) is 30.3 Å². The molecule has 0 amide bonds. The molecule has 1 aliphatic rings. The topological polar surface area (TPSA) is 40.5 Å². The maximum atomic E-state index is 11.5. The molecular formula is C16H22BrNO2. The molecule has 0 saturated heterocycles. The van der Waals surface area contributed by atoms with Crippen LogP contribution in [0.15, 0.2) is 28.7 Å². The van der Waals surface area contributed by atoms with Crippen molar-refractivity contribution in [3.05, 3.63) is 34.3 Å². The van der Waals surface area contributed by atoms with Gasteiger partial charge in [-0.2, -0.15) is 0 Å². The van der Waals surface area contributed by atoms with Crippen LogP contribution in [0, 0.1) is 11.8 Å². The maximum absolute atomic E-state index is 11.5. The molecule has 3 atom stereocenters. The van der Waals surface area contributed by atoms with Crippen LogP contribution in [-0.2, 0) is 11.3 Å². The molecule has 0 heterocycles. The van der Waals surface area contributed by atoms with Gasteiger partial charge in [0.15, 0.2) is 0 Å². The third-order valence-electron chi connectivity index (χ3n) is 4.34. The Morgan fingerprint density at radius 1 is 1.40 bits per heavy atom. The van der Waals surface area contributed by atoms with Gasteiger partial charge in [0.1, 0.15) is 0 Å². The number of hydrogen-bond acceptors (Lipinski definition) is 2. The zero-order chi connectivity index (χ0) is 14.7. The van der Waals surface area contributed by atoms with Gasteiger partial charge in [0.25, 0.3) is 0 Å². The number of nitrogens with zero attached hydrogens (tertiary/aromatic N) is 1. The van der Waals surface area contributed by atoms with Gasteiger partial charge in [-0.3, -0.25) is 9.69 Å². The Kier molecular flexibility index (Phi) is 5.22. The van der Waals surface area contributed by atoms with Crippen molar-refractivity contribution in [2.75, 3.05) is 7.05 Å². The van der Waals surface area contributed by atoms with E-state index in [0.29, 0.717) is 5.92 Å². The molecule has 1 N–H and O–H groups in total. The van der Waals surface area contributed by atoms with Gasteiger partial charge >= 0.3 is 5.97 Å². The number of carboxylic acid groups (broad SMARTS) is 1. The molecule has 4 heteroatoms. The van der Waals surface area contributed by atoms with Gasteiger partial charge in [0.2, 0.25) is 0 Å². The molecule has 1 aromatic carbocycles. The quantitative estimate of drug-likeness (QED) is 0.907. The Balaban J connectivity index is 2.11. The molecule has 1 fully saturated rings. The molecule has 1 aliphatic carbocycles. The average molecular weight is 340 g/mol. The van der Waals surface area contributed by atoms with E-state index in [1.54, 1.807) is 0 Å². The highest BCUT2D eigenvalue weighted by atomic mass is 79.9. The highest BCUT2D eigenvalue weighted by Crippen LogP contribution is 2.33. The van der Waals surface area contributed by atoms with Crippen molar-refractivity contribution in [1.82, 2.24) is 4.90 Å². The van der Waals surface area contributed by atoms with Crippen molar-refractivity contribution in [3.8, 4) is 0 Å². The van der Waals surface area contributed by atoms with Crippen molar-refractivity contribution < 1.29 is 9.90 Å². The highest BCUT2D eigenvalue weighted by Gasteiger charge is 2.35. The third-order valence-corrected chi connectivity index (χ3v) is 5.11. The number of hydrogen-bond donors (Lipinski definition) is 1. The molecular weight excluding hydrogens is 318 g/mol. The lowest BCUT2D eigenvalue weighted by Crippen LogP contribution is -2.44. The van der Waals surface area contributed by atoms with Gasteiger partial charge in [-0.1, -0.05) is 41.1 Å². The van der Waals surface area contributed by atoms with Crippen LogP contribution in [0.4, 0.5) is 0 Å². The lowest BCUT2D eigenvalue weighted by Gasteiger charge is -2.38. The van der Waals surface area contributed by atoms with Crippen LogP contribution in [0.3, 0.4) is 0 Å². The van der Waals surface area contributed by atoms with Crippen molar-refractivity contribution in [1.29, 1.82) is 0 Å². The second kappa shape index (κ2) is 6.72. The van der Waals surface area contributed by atoms with E-state index >= 15 is 0 Å². The Morgan fingerprint density at radius 2 is 2.10 bits per heavy atom. The molecule has 0 bridgehead atoms. The summed E-state index contributed by atoms with van der Waals surface area (Å²) in [6.45, 7) is 3.00. The first-order valence-electron chi connectivity index (χ1n) is 7.15. The predicted octanol–water partition coefficient (Wildman–Crippen LogP) is 3.77. The van der Waals surface area contributed by atoms with Crippen LogP contribution < -0.4 is 0 Å². The average Bonchev–Trinajstić information content (AvgIpc) is 2.40. The van der Waals surface area contributed by atoms with Crippen LogP contribution in [-0.4, -0.2) is 29.1 Å². The molecule has 1 saturated carbocycles. The number of carboxylic acids is 1. The van der Waals surface area contributed by atoms with E-state index in [2.05, 4.69) is 33.8 Å². The van der Waals surface area contributed by atoms with Gasteiger partial charge in [0.05, 0.1) is 5.92 Å². The Morgan fingerprint density at radius 3 is 2.75 bits per heavy atom. The summed E-state index contributed by atoms with van der Waals surface area (Å²) < 4.78 is 1.09. The standard InChI is InChI=1S/C16H22BrNO2/c1-11-7-8-13(16(19)20)15(9-11)18(2)10-12-5-3-4-6-14(12)17/h3-6,11,13,15H,7-10H2,1-2H3,(H,19,20). The lowest BCUT2D eigenvalue weighted by molar-refractivity contribution is -0.146. The van der Waals surface area contributed by atoms with E-state index in [1.165, 1.54) is 5.56 Å². The summed E-state index contributed by atoms with van der Waals surface area (Å²) in [5.74, 6) is -0.281. The summed E-state index contributed by atoms with van der Waals surface area (Å²) in [6, 6.07) is 8.26. The second-order valence-corrected chi connectivity index (χ2v) is 6.79. The zero-order valence-corrected chi connectivity index (χ0v) is 13.6. The Bertz CT molecular complexity index is 477. The molecule has 3 nitrogen and oxygen atoms in total. The molecule has 0 aromatic heterocycles. The van der Waals surface area contributed by atoms with Crippen LogP contribution in [0.25, 0.3) is 0 Å². The van der Waals surface area contributed by atoms with Gasteiger partial charge in [-0.05, 0) is 43.9 Å². The van der Waals surface area contributed by atoms with Crippen molar-refractivity contribution in [2.45, 2.75) is 38.8 Å². The molecule has 1 aromatic rings. The molecule has 110 valence electrons. The monoisotopic (exact) mass is 339 g/mol. The molecule has 0 spiro atoms. The number of benzene rings is 1. The molecule has 20 heavy (non-hydrogen) atoms. The van der Waals surface area contributed by atoms with E-state index in [1.807, 2.05) is 25.2 Å². The van der Waals surface area contributed by atoms with Gasteiger partial charge in [-0.25, -0.2) is 0 Å². The highest BCUT2D eigenvalue weighted by molar-refractivity contribution is 9.10. The summed E-state index contributed by atoms with van der Waals surface area (Å²) in [5, 5.41) is 9.43. The molecule has 0 aliphatic heterocycles. The SMILES string of the molecule is CC1CCC(C(=O)O)C(N(C)Cc2ccccc2Br)C1. The zero-order valence-electron chi connectivity index (χ0n) is 12.1. The summed E-state index contributed by atoms with van der Waals surface area (Å²) in [4.78, 5) is 13.7. The second-order valence-electron chi connectivity index (χ2n) is 5.94. The van der Waals surface area contributed by atoms with Crippen LogP contribution in [0.2, 0.25) is 0 Å². The van der Waals surface area contributed by atoms with E-state index in [4.69, 9.17) is 0 Å². The summed E-state index contributed by atoms with van der Waals surface area (Å²) in [7, 11) is 2.04. The number of halogens is 1. The van der Waals surface area contributed by atoms with E-state index in [-0.39, 0.29) is 12.0 Å². The first kappa shape index (κ1) is 15.5. The van der Waals surface area contributed by atoms with Crippen LogP contribution >= 0.6 is 15.9 Å². The first-order chi connectivity index (χ1) is 9.49. The number of aliphatic carboxylic acids is 1. The molecule has 2 rings (SSSR count). The van der Waals surface area contributed by atoms with Crippen molar-refractivity contribution in [3.63, 3.8) is 0 Å². The minimum absolute atomic E-state index is 0.128. The van der Waals surface area contributed by atoms with Crippen molar-refractivity contribution in [2.24, 2.45) is 11.8 Å². The fourth-order valence-electron chi connectivity index (χ4n) is 3.14. The fraction of sp³-hybridized carbons (Fsp3) is 0.562. The first-order valence-corrected chi connectivity index (χ1v) is 7.94. The van der Waals surface area contributed by atoms with Crippen molar-refractivity contribution >= 4 is 21.9 Å². The van der Waals surface area contributed by atoms with Gasteiger partial charge in [0, 0.05) is 17.1 Å². The Labute approximate surface area is 129 Å².